The summed E-state index contributed by atoms with van der Waals surface area (Å²) in [7, 11) is 8.84. The van der Waals surface area contributed by atoms with Crippen LogP contribution in [0.4, 0.5) is 0 Å². The molecule has 0 radical (unpaired) electrons. The van der Waals surface area contributed by atoms with Gasteiger partial charge in [0.25, 0.3) is 5.91 Å². The third kappa shape index (κ3) is 23.1. The molecule has 7 N–H and O–H groups in total. The van der Waals surface area contributed by atoms with Crippen LogP contribution in [0.3, 0.4) is 0 Å². The third-order valence-corrected chi connectivity index (χ3v) is 16.6. The average molecular weight is 1280 g/mol. The number of nitrogens with one attached hydrogen (secondary N) is 5. The van der Waals surface area contributed by atoms with Crippen LogP contribution < -0.4 is 26.6 Å². The highest BCUT2D eigenvalue weighted by atomic mass is 16.7. The molecule has 14 atom stereocenters. The summed E-state index contributed by atoms with van der Waals surface area (Å²) < 4.78 is 5.97. The zero-order chi connectivity index (χ0) is 69.5. The van der Waals surface area contributed by atoms with Gasteiger partial charge in [-0.25, -0.2) is 9.86 Å². The molecule has 2 unspecified atom stereocenters. The largest absolute Gasteiger partial charge is 0.480 e. The van der Waals surface area contributed by atoms with Crippen molar-refractivity contribution in [3.63, 3.8) is 0 Å². The molecule has 516 valence electrons. The van der Waals surface area contributed by atoms with Crippen LogP contribution in [0.25, 0.3) is 0 Å². The minimum atomic E-state index is -1.25. The second-order valence-corrected chi connectivity index (χ2v) is 26.3. The summed E-state index contributed by atoms with van der Waals surface area (Å²) in [6, 6.07) is -12.6. The molecule has 0 aromatic rings. The summed E-state index contributed by atoms with van der Waals surface area (Å²) in [5, 5.41) is 33.6. The Bertz CT molecular complexity index is 2420. The van der Waals surface area contributed by atoms with E-state index in [4.69, 9.17) is 9.57 Å². The molecule has 10 amide bonds. The van der Waals surface area contributed by atoms with E-state index in [0.717, 1.165) is 5.06 Å². The van der Waals surface area contributed by atoms with Gasteiger partial charge in [-0.1, -0.05) is 95.2 Å². The molecule has 1 fully saturated rings. The number of carboxylic acid groups (broad SMARTS) is 1. The van der Waals surface area contributed by atoms with Crippen molar-refractivity contribution < 1.29 is 72.5 Å². The standard InChI is InChI=1S/C64H115N11O15/c1-24-26-29-40(13)53-52(57(80)68-45(25-2)64(87)88)75(90-53)63(86)50(39(11)12)73(22)61(84)48(34-37(7)8)72(21)60(83)47(33-36(5)6)71(20)59(82)43(16)67-54(77)41(14)66-55(78)46(32-35(3)4)70(19)62(85)49(38(9)10)69-56(79)51(44(17)89-31-28-27-30-76)74(23)58(81)42(15)65-18/h24,26,35-53,65,76H,25,27-34H2,1-23H3,(H,66,78)(H,67,77)(H,68,80)(H,69,79)(H,87,88)/b26-24+/t40-,41+,42-,43-,44+,45+,46+,47+,48+,49?,50?,51+,52+,53-/m1/s1. The van der Waals surface area contributed by atoms with Crippen molar-refractivity contribution in [3.05, 3.63) is 12.2 Å². The molecule has 0 bridgehead atoms. The number of aliphatic hydroxyl groups excluding tert-OH is 1. The lowest BCUT2D eigenvalue weighted by atomic mass is 9.90. The second-order valence-electron chi connectivity index (χ2n) is 26.3. The third-order valence-electron chi connectivity index (χ3n) is 16.6. The van der Waals surface area contributed by atoms with Crippen molar-refractivity contribution in [1.82, 2.24) is 56.1 Å². The number of carbonyl (C=O) groups is 11. The topological polar surface area (TPSA) is 326 Å². The van der Waals surface area contributed by atoms with Gasteiger partial charge in [0.1, 0.15) is 60.5 Å². The van der Waals surface area contributed by atoms with Crippen molar-refractivity contribution >= 4 is 65.0 Å². The van der Waals surface area contributed by atoms with Gasteiger partial charge in [0.15, 0.2) is 6.04 Å². The Hall–Kier alpha value is -6.25. The fraction of sp³-hybridized carbons (Fsp3) is 0.797. The lowest BCUT2D eigenvalue weighted by Crippen LogP contribution is -2.71. The number of hydroxylamine groups is 2. The number of aliphatic carboxylic acids is 1. The van der Waals surface area contributed by atoms with Gasteiger partial charge in [0, 0.05) is 48.5 Å². The Kier molecular flexibility index (Phi) is 35.0. The molecule has 0 aromatic heterocycles. The average Bonchev–Trinajstić information content (AvgIpc) is 0.861. The summed E-state index contributed by atoms with van der Waals surface area (Å²) in [6.45, 7) is 29.7. The molecule has 1 heterocycles. The van der Waals surface area contributed by atoms with Crippen molar-refractivity contribution in [2.45, 2.75) is 241 Å². The van der Waals surface area contributed by atoms with Gasteiger partial charge in [-0.05, 0) is 122 Å². The zero-order valence-corrected chi connectivity index (χ0v) is 58.4. The van der Waals surface area contributed by atoms with E-state index in [1.807, 2.05) is 67.5 Å². The Morgan fingerprint density at radius 2 is 1.04 bits per heavy atom. The number of rotatable bonds is 39. The maximum atomic E-state index is 15.0. The molecule has 1 aliphatic rings. The van der Waals surface area contributed by atoms with Gasteiger partial charge in [0.05, 0.1) is 12.1 Å². The maximum Gasteiger partial charge on any atom is 0.326 e. The van der Waals surface area contributed by atoms with Gasteiger partial charge >= 0.3 is 5.97 Å². The van der Waals surface area contributed by atoms with E-state index in [0.29, 0.717) is 19.3 Å². The zero-order valence-electron chi connectivity index (χ0n) is 58.4. The molecule has 0 saturated carbocycles. The number of amides is 10. The SMILES string of the molecule is C/C=C/C[C@@H](C)[C@H]1ON(C(=O)C(C(C)C)N(C)C(=O)[C@H](CC(C)C)N(C)C(=O)[C@H](CC(C)C)N(C)C(=O)[C@@H](C)NC(=O)[C@H](C)NC(=O)[C@H](CC(C)C)N(C)C(=O)C(NC(=O)[C@H]([C@H](C)OCCCCO)N(C)C(=O)[C@@H](C)NC)C(C)C)[C@@H]1C(=O)N[C@@H](CC)C(=O)O. The van der Waals surface area contributed by atoms with Crippen LogP contribution in [0, 0.1) is 35.5 Å². The number of unbranched alkanes of at least 4 members (excludes halogenated alkanes) is 1. The van der Waals surface area contributed by atoms with Gasteiger partial charge < -0.3 is 66.0 Å². The minimum Gasteiger partial charge on any atom is -0.480 e. The number of likely N-dealkylation sites (N-methyl/N-ethyl adjacent to an activating group) is 6. The van der Waals surface area contributed by atoms with Gasteiger partial charge in [0.2, 0.25) is 53.2 Å². The molecule has 1 rings (SSSR count). The van der Waals surface area contributed by atoms with Gasteiger partial charge in [-0.15, -0.1) is 0 Å². The van der Waals surface area contributed by atoms with Crippen molar-refractivity contribution in [2.24, 2.45) is 35.5 Å². The Morgan fingerprint density at radius 1 is 0.567 bits per heavy atom. The van der Waals surface area contributed by atoms with Gasteiger partial charge in [-0.2, -0.15) is 0 Å². The Morgan fingerprint density at radius 3 is 1.51 bits per heavy atom. The predicted octanol–water partition coefficient (Wildman–Crippen LogP) is 2.94. The molecule has 26 heteroatoms. The molecule has 0 aliphatic carbocycles. The highest BCUT2D eigenvalue weighted by Crippen LogP contribution is 2.34. The quantitative estimate of drug-likeness (QED) is 0.0344. The van der Waals surface area contributed by atoms with Gasteiger partial charge in [-0.3, -0.25) is 52.8 Å². The number of carboxylic acids is 1. The predicted molar refractivity (Wildman–Crippen MR) is 342 cm³/mol. The van der Waals surface area contributed by atoms with Crippen LogP contribution in [-0.2, 0) is 62.3 Å². The second kappa shape index (κ2) is 38.6. The molecule has 26 nitrogen and oxygen atoms in total. The number of hydrogen-bond acceptors (Lipinski definition) is 15. The van der Waals surface area contributed by atoms with Crippen LogP contribution in [0.15, 0.2) is 12.2 Å². The van der Waals surface area contributed by atoms with Crippen LogP contribution in [0.2, 0.25) is 0 Å². The molecular weight excluding hydrogens is 1160 g/mol. The number of carbonyl (C=O) groups excluding carboxylic acids is 10. The first kappa shape index (κ1) is 81.8. The van der Waals surface area contributed by atoms with E-state index in [1.165, 1.54) is 73.6 Å². The maximum absolute atomic E-state index is 15.0. The summed E-state index contributed by atoms with van der Waals surface area (Å²) in [5.41, 5.74) is 0. The minimum absolute atomic E-state index is 0.0420. The van der Waals surface area contributed by atoms with E-state index >= 15 is 0 Å². The lowest BCUT2D eigenvalue weighted by Gasteiger charge is -2.50. The number of aliphatic hydroxyl groups is 1. The summed E-state index contributed by atoms with van der Waals surface area (Å²) in [4.78, 5) is 167. The van der Waals surface area contributed by atoms with Crippen LogP contribution in [0.1, 0.15) is 163 Å². The molecule has 0 spiro atoms. The lowest BCUT2D eigenvalue weighted by molar-refractivity contribution is -0.321. The number of nitrogens with zero attached hydrogens (tertiary/aromatic N) is 6. The highest BCUT2D eigenvalue weighted by molar-refractivity contribution is 5.99. The first-order chi connectivity index (χ1) is 41.8. The van der Waals surface area contributed by atoms with E-state index in [9.17, 15) is 63.0 Å². The Balaban J connectivity index is 3.52. The van der Waals surface area contributed by atoms with Crippen LogP contribution in [-0.4, -0.2) is 239 Å². The molecule has 1 aliphatic heterocycles. The number of hydrogen-bond donors (Lipinski definition) is 7. The summed E-state index contributed by atoms with van der Waals surface area (Å²) in [5.74, 6) is -9.40. The van der Waals surface area contributed by atoms with Crippen molar-refractivity contribution in [3.8, 4) is 0 Å². The normalized spacial score (nSPS) is 18.2. The molecule has 90 heavy (non-hydrogen) atoms. The van der Waals surface area contributed by atoms with Crippen molar-refractivity contribution in [2.75, 3.05) is 55.5 Å². The van der Waals surface area contributed by atoms with Crippen LogP contribution in [0.5, 0.6) is 0 Å². The fourth-order valence-electron chi connectivity index (χ4n) is 10.9. The Labute approximate surface area is 536 Å². The van der Waals surface area contributed by atoms with Crippen LogP contribution >= 0.6 is 0 Å². The van der Waals surface area contributed by atoms with E-state index < -0.39 is 156 Å². The monoisotopic (exact) mass is 1280 g/mol. The summed E-state index contributed by atoms with van der Waals surface area (Å²) >= 11 is 0. The molecular formula is C64H115N11O15. The van der Waals surface area contributed by atoms with E-state index in [-0.39, 0.29) is 62.6 Å². The number of allylic oxidation sites excluding steroid dienone is 2. The smallest absolute Gasteiger partial charge is 0.326 e. The van der Waals surface area contributed by atoms with E-state index in [2.05, 4.69) is 26.6 Å². The highest BCUT2D eigenvalue weighted by Gasteiger charge is 2.54. The first-order valence-electron chi connectivity index (χ1n) is 32.1. The van der Waals surface area contributed by atoms with Crippen molar-refractivity contribution in [1.29, 1.82) is 0 Å². The summed E-state index contributed by atoms with van der Waals surface area (Å²) in [6.07, 6.45) is 4.13. The molecule has 0 aromatic carbocycles. The molecule has 1 saturated heterocycles. The fourth-order valence-corrected chi connectivity index (χ4v) is 10.9. The number of ether oxygens (including phenoxy) is 1. The first-order valence-corrected chi connectivity index (χ1v) is 32.1. The van der Waals surface area contributed by atoms with E-state index in [1.54, 1.807) is 55.5 Å².